The van der Waals surface area contributed by atoms with E-state index < -0.39 is 5.97 Å². The maximum absolute atomic E-state index is 11.8. The Hall–Kier alpha value is -2.06. The molecule has 0 aliphatic carbocycles. The zero-order valence-electron chi connectivity index (χ0n) is 11.5. The highest BCUT2D eigenvalue weighted by molar-refractivity contribution is 7.80. The molecular formula is C13H14N4O2S2. The van der Waals surface area contributed by atoms with Crippen LogP contribution in [0.1, 0.15) is 22.2 Å². The molecule has 2 rings (SSSR count). The highest BCUT2D eigenvalue weighted by Gasteiger charge is 2.17. The number of carbonyl (C=O) groups is 1. The van der Waals surface area contributed by atoms with Crippen LogP contribution in [0.5, 0.6) is 0 Å². The van der Waals surface area contributed by atoms with Crippen molar-refractivity contribution in [3.05, 3.63) is 35.1 Å². The van der Waals surface area contributed by atoms with Gasteiger partial charge in [0.15, 0.2) is 10.9 Å². The molecule has 0 amide bonds. The lowest BCUT2D eigenvalue weighted by molar-refractivity contribution is 0.0602. The fourth-order valence-corrected chi connectivity index (χ4v) is 2.84. The first-order chi connectivity index (χ1) is 10.1. The highest BCUT2D eigenvalue weighted by Crippen LogP contribution is 2.29. The Morgan fingerprint density at radius 1 is 1.43 bits per heavy atom. The molecule has 0 atom stereocenters. The molecule has 0 spiro atoms. The Morgan fingerprint density at radius 3 is 2.86 bits per heavy atom. The maximum Gasteiger partial charge on any atom is 0.340 e. The van der Waals surface area contributed by atoms with Crippen LogP contribution in [0, 0.1) is 0 Å². The van der Waals surface area contributed by atoms with Crippen molar-refractivity contribution in [3.8, 4) is 0 Å². The number of ether oxygens (including phenoxy) is 1. The van der Waals surface area contributed by atoms with Crippen LogP contribution in [-0.4, -0.2) is 28.2 Å². The highest BCUT2D eigenvalue weighted by atomic mass is 32.1. The van der Waals surface area contributed by atoms with Crippen LogP contribution in [0.4, 0.5) is 10.8 Å². The molecule has 0 aliphatic rings. The third kappa shape index (κ3) is 3.96. The third-order valence-electron chi connectivity index (χ3n) is 2.57. The molecule has 6 nitrogen and oxygen atoms in total. The number of methoxy groups -OCH3 is 1. The molecule has 110 valence electrons. The third-order valence-corrected chi connectivity index (χ3v) is 3.97. The number of hydrogen-bond donors (Lipinski definition) is 2. The second kappa shape index (κ2) is 7.09. The zero-order valence-corrected chi connectivity index (χ0v) is 13.2. The van der Waals surface area contributed by atoms with Crippen LogP contribution in [0.2, 0.25) is 0 Å². The summed E-state index contributed by atoms with van der Waals surface area (Å²) >= 11 is 6.68. The van der Waals surface area contributed by atoms with Crippen molar-refractivity contribution in [3.63, 3.8) is 0 Å². The number of thiocarbonyl (C=S) groups is 1. The van der Waals surface area contributed by atoms with Crippen LogP contribution in [0.15, 0.2) is 24.7 Å². The number of rotatable bonds is 4. The van der Waals surface area contributed by atoms with E-state index in [1.54, 1.807) is 18.6 Å². The van der Waals surface area contributed by atoms with Crippen molar-refractivity contribution in [2.45, 2.75) is 13.3 Å². The van der Waals surface area contributed by atoms with E-state index in [-0.39, 0.29) is 0 Å². The smallest absolute Gasteiger partial charge is 0.340 e. The number of carbonyl (C=O) groups excluding carboxylic acids is 1. The van der Waals surface area contributed by atoms with E-state index in [2.05, 4.69) is 20.6 Å². The molecule has 8 heteroatoms. The molecule has 2 aromatic heterocycles. The summed E-state index contributed by atoms with van der Waals surface area (Å²) in [4.78, 5) is 20.8. The Bertz CT molecular complexity index is 643. The van der Waals surface area contributed by atoms with Gasteiger partial charge in [0, 0.05) is 17.3 Å². The molecule has 2 N–H and O–H groups in total. The summed E-state index contributed by atoms with van der Waals surface area (Å²) in [5.74, 6) is 0.137. The van der Waals surface area contributed by atoms with Gasteiger partial charge in [-0.25, -0.2) is 9.78 Å². The largest absolute Gasteiger partial charge is 0.465 e. The summed E-state index contributed by atoms with van der Waals surface area (Å²) < 4.78 is 4.78. The Labute approximate surface area is 131 Å². The van der Waals surface area contributed by atoms with Gasteiger partial charge < -0.3 is 15.4 Å². The molecule has 0 bridgehead atoms. The van der Waals surface area contributed by atoms with Crippen LogP contribution in [0.25, 0.3) is 0 Å². The van der Waals surface area contributed by atoms with E-state index >= 15 is 0 Å². The van der Waals surface area contributed by atoms with Gasteiger partial charge in [0.1, 0.15) is 5.00 Å². The maximum atomic E-state index is 11.8. The summed E-state index contributed by atoms with van der Waals surface area (Å²) in [6.07, 6.45) is 5.52. The fraction of sp³-hybridized carbons (Fsp3) is 0.231. The molecule has 21 heavy (non-hydrogen) atoms. The van der Waals surface area contributed by atoms with Crippen molar-refractivity contribution >= 4 is 45.5 Å². The van der Waals surface area contributed by atoms with Gasteiger partial charge in [-0.2, -0.15) is 0 Å². The number of esters is 1. The minimum Gasteiger partial charge on any atom is -0.465 e. The van der Waals surface area contributed by atoms with Gasteiger partial charge in [-0.05, 0) is 24.7 Å². The molecule has 2 aromatic rings. The first-order valence-corrected chi connectivity index (χ1v) is 7.41. The average molecular weight is 322 g/mol. The lowest BCUT2D eigenvalue weighted by atomic mass is 10.2. The summed E-state index contributed by atoms with van der Waals surface area (Å²) in [7, 11) is 1.35. The van der Waals surface area contributed by atoms with Gasteiger partial charge >= 0.3 is 5.97 Å². The second-order valence-electron chi connectivity index (χ2n) is 3.97. The standard InChI is InChI=1S/C13H14N4O2S2/c1-3-8-6-9(12(18)19-2)11(21-8)17-13(20)16-10-7-14-4-5-15-10/h4-7H,3H2,1-2H3,(H2,15,16,17,20). The monoisotopic (exact) mass is 322 g/mol. The summed E-state index contributed by atoms with van der Waals surface area (Å²) in [6, 6.07) is 1.81. The second-order valence-corrected chi connectivity index (χ2v) is 5.52. The zero-order chi connectivity index (χ0) is 15.2. The van der Waals surface area contributed by atoms with Crippen molar-refractivity contribution in [2.24, 2.45) is 0 Å². The van der Waals surface area contributed by atoms with Crippen molar-refractivity contribution in [2.75, 3.05) is 17.7 Å². The topological polar surface area (TPSA) is 76.1 Å². The number of aryl methyl sites for hydroxylation is 1. The summed E-state index contributed by atoms with van der Waals surface area (Å²) in [6.45, 7) is 2.02. The number of anilines is 2. The van der Waals surface area contributed by atoms with E-state index in [1.807, 2.05) is 13.0 Å². The molecule has 0 unspecified atom stereocenters. The van der Waals surface area contributed by atoms with Gasteiger partial charge in [-0.1, -0.05) is 6.92 Å². The summed E-state index contributed by atoms with van der Waals surface area (Å²) in [5, 5.41) is 6.89. The Balaban J connectivity index is 2.13. The number of aromatic nitrogens is 2. The number of nitrogens with one attached hydrogen (secondary N) is 2. The predicted octanol–water partition coefficient (Wildman–Crippen LogP) is 2.70. The van der Waals surface area contributed by atoms with Gasteiger partial charge in [-0.15, -0.1) is 11.3 Å². The number of nitrogens with zero attached hydrogens (tertiary/aromatic N) is 2. The average Bonchev–Trinajstić information content (AvgIpc) is 2.90. The van der Waals surface area contributed by atoms with Crippen molar-refractivity contribution in [1.29, 1.82) is 0 Å². The number of hydrogen-bond acceptors (Lipinski definition) is 6. The minimum atomic E-state index is -0.393. The Morgan fingerprint density at radius 2 is 2.24 bits per heavy atom. The summed E-state index contributed by atoms with van der Waals surface area (Å²) in [5.41, 5.74) is 0.475. The van der Waals surface area contributed by atoms with Crippen LogP contribution in [-0.2, 0) is 11.2 Å². The fourth-order valence-electron chi connectivity index (χ4n) is 1.59. The SMILES string of the molecule is CCc1cc(C(=O)OC)c(NC(=S)Nc2cnccn2)s1. The molecule has 2 heterocycles. The molecular weight excluding hydrogens is 308 g/mol. The normalized spacial score (nSPS) is 10.0. The van der Waals surface area contributed by atoms with Crippen LogP contribution in [0.3, 0.4) is 0 Å². The van der Waals surface area contributed by atoms with E-state index in [9.17, 15) is 4.79 Å². The molecule has 0 aromatic carbocycles. The van der Waals surface area contributed by atoms with Gasteiger partial charge in [0.25, 0.3) is 0 Å². The quantitative estimate of drug-likeness (QED) is 0.662. The predicted molar refractivity (Wildman–Crippen MR) is 86.9 cm³/mol. The minimum absolute atomic E-state index is 0.338. The Kier molecular flexibility index (Phi) is 5.18. The van der Waals surface area contributed by atoms with Crippen LogP contribution < -0.4 is 10.6 Å². The van der Waals surface area contributed by atoms with Gasteiger partial charge in [0.05, 0.1) is 18.9 Å². The van der Waals surface area contributed by atoms with E-state index in [0.29, 0.717) is 21.5 Å². The van der Waals surface area contributed by atoms with Gasteiger partial charge in [-0.3, -0.25) is 4.98 Å². The first kappa shape index (κ1) is 15.3. The molecule has 0 aliphatic heterocycles. The molecule has 0 saturated heterocycles. The first-order valence-electron chi connectivity index (χ1n) is 6.19. The van der Waals surface area contributed by atoms with E-state index in [0.717, 1.165) is 11.3 Å². The van der Waals surface area contributed by atoms with Crippen molar-refractivity contribution < 1.29 is 9.53 Å². The van der Waals surface area contributed by atoms with Gasteiger partial charge in [0.2, 0.25) is 0 Å². The lowest BCUT2D eigenvalue weighted by Gasteiger charge is -2.09. The van der Waals surface area contributed by atoms with E-state index in [1.165, 1.54) is 18.4 Å². The van der Waals surface area contributed by atoms with E-state index in [4.69, 9.17) is 17.0 Å². The molecule has 0 saturated carbocycles. The molecule has 0 radical (unpaired) electrons. The number of thiophene rings is 1. The van der Waals surface area contributed by atoms with Crippen molar-refractivity contribution in [1.82, 2.24) is 9.97 Å². The van der Waals surface area contributed by atoms with Crippen LogP contribution >= 0.6 is 23.6 Å². The molecule has 0 fully saturated rings. The lowest BCUT2D eigenvalue weighted by Crippen LogP contribution is -2.20.